The minimum Gasteiger partial charge on any atom is -0.338 e. The molecule has 0 aliphatic rings. The lowest BCUT2D eigenvalue weighted by Crippen LogP contribution is -2.37. The Labute approximate surface area is 144 Å². The Hall–Kier alpha value is -2.40. The summed E-state index contributed by atoms with van der Waals surface area (Å²) < 4.78 is 14.2. The van der Waals surface area contributed by atoms with Crippen LogP contribution in [0.25, 0.3) is 10.1 Å². The Balaban J connectivity index is 1.50. The number of hydrogen-bond donors (Lipinski definition) is 1. The van der Waals surface area contributed by atoms with Gasteiger partial charge < -0.3 is 10.2 Å². The number of nitrogens with zero attached hydrogens (tertiary/aromatic N) is 1. The zero-order chi connectivity index (χ0) is 16.9. The standard InChI is InChI=1S/C19H19FN2OS/c1-22(12-14-6-8-16(20)9-7-14)19(23)21-11-10-15-13-24-18-5-3-2-4-17(15)18/h2-9,13H,10-12H2,1H3,(H,21,23). The van der Waals surface area contributed by atoms with E-state index in [2.05, 4.69) is 22.8 Å². The van der Waals surface area contributed by atoms with Crippen LogP contribution in [0.3, 0.4) is 0 Å². The van der Waals surface area contributed by atoms with E-state index in [0.717, 1.165) is 12.0 Å². The second-order valence-corrected chi connectivity index (χ2v) is 6.63. The predicted octanol–water partition coefficient (Wildman–Crippen LogP) is 4.42. The molecule has 2 aromatic carbocycles. The van der Waals surface area contributed by atoms with Crippen molar-refractivity contribution < 1.29 is 9.18 Å². The topological polar surface area (TPSA) is 32.3 Å². The molecule has 1 aromatic heterocycles. The third-order valence-electron chi connectivity index (χ3n) is 3.91. The monoisotopic (exact) mass is 342 g/mol. The Bertz CT molecular complexity index is 829. The summed E-state index contributed by atoms with van der Waals surface area (Å²) in [6, 6.07) is 14.4. The normalized spacial score (nSPS) is 10.8. The van der Waals surface area contributed by atoms with E-state index in [0.29, 0.717) is 13.1 Å². The molecule has 24 heavy (non-hydrogen) atoms. The summed E-state index contributed by atoms with van der Waals surface area (Å²) in [7, 11) is 1.73. The van der Waals surface area contributed by atoms with E-state index in [1.54, 1.807) is 35.4 Å². The summed E-state index contributed by atoms with van der Waals surface area (Å²) in [5, 5.41) is 6.35. The van der Waals surface area contributed by atoms with Gasteiger partial charge in [0.25, 0.3) is 0 Å². The van der Waals surface area contributed by atoms with E-state index >= 15 is 0 Å². The highest BCUT2D eigenvalue weighted by Crippen LogP contribution is 2.25. The molecule has 0 bridgehead atoms. The molecule has 0 aliphatic carbocycles. The summed E-state index contributed by atoms with van der Waals surface area (Å²) in [6.07, 6.45) is 0.806. The van der Waals surface area contributed by atoms with Gasteiger partial charge in [-0.3, -0.25) is 0 Å². The molecular formula is C19H19FN2OS. The lowest BCUT2D eigenvalue weighted by Gasteiger charge is -2.18. The molecule has 0 unspecified atom stereocenters. The third-order valence-corrected chi connectivity index (χ3v) is 4.92. The number of halogens is 1. The quantitative estimate of drug-likeness (QED) is 0.731. The first-order valence-corrected chi connectivity index (χ1v) is 8.70. The molecule has 3 aromatic rings. The van der Waals surface area contributed by atoms with Crippen molar-refractivity contribution in [3.8, 4) is 0 Å². The van der Waals surface area contributed by atoms with E-state index in [1.807, 2.05) is 12.1 Å². The van der Waals surface area contributed by atoms with E-state index < -0.39 is 0 Å². The Morgan fingerprint density at radius 1 is 1.17 bits per heavy atom. The molecule has 0 aliphatic heterocycles. The van der Waals surface area contributed by atoms with Gasteiger partial charge in [-0.1, -0.05) is 30.3 Å². The number of benzene rings is 2. The predicted molar refractivity (Wildman–Crippen MR) is 96.8 cm³/mol. The van der Waals surface area contributed by atoms with Crippen molar-refractivity contribution in [2.75, 3.05) is 13.6 Å². The summed E-state index contributed by atoms with van der Waals surface area (Å²) in [5.74, 6) is -0.270. The number of amides is 2. The van der Waals surface area contributed by atoms with Gasteiger partial charge in [0.05, 0.1) is 0 Å². The van der Waals surface area contributed by atoms with Gasteiger partial charge in [0.2, 0.25) is 0 Å². The smallest absolute Gasteiger partial charge is 0.317 e. The lowest BCUT2D eigenvalue weighted by molar-refractivity contribution is 0.207. The lowest BCUT2D eigenvalue weighted by atomic mass is 10.1. The average Bonchev–Trinajstić information content (AvgIpc) is 3.00. The summed E-state index contributed by atoms with van der Waals surface area (Å²) in [4.78, 5) is 13.7. The Morgan fingerprint density at radius 3 is 2.71 bits per heavy atom. The van der Waals surface area contributed by atoms with Crippen molar-refractivity contribution in [2.45, 2.75) is 13.0 Å². The molecule has 124 valence electrons. The number of hydrogen-bond acceptors (Lipinski definition) is 2. The van der Waals surface area contributed by atoms with Crippen LogP contribution in [0.2, 0.25) is 0 Å². The van der Waals surface area contributed by atoms with Crippen LogP contribution in [0.5, 0.6) is 0 Å². The van der Waals surface area contributed by atoms with Crippen LogP contribution < -0.4 is 5.32 Å². The minimum absolute atomic E-state index is 0.126. The highest BCUT2D eigenvalue weighted by molar-refractivity contribution is 7.17. The van der Waals surface area contributed by atoms with Crippen molar-refractivity contribution in [3.63, 3.8) is 0 Å². The summed E-state index contributed by atoms with van der Waals surface area (Å²) in [6.45, 7) is 1.04. The maximum absolute atomic E-state index is 12.9. The molecular weight excluding hydrogens is 323 g/mol. The second-order valence-electron chi connectivity index (χ2n) is 5.72. The molecule has 0 saturated heterocycles. The highest BCUT2D eigenvalue weighted by atomic mass is 32.1. The molecule has 0 saturated carbocycles. The van der Waals surface area contributed by atoms with Crippen LogP contribution in [-0.4, -0.2) is 24.5 Å². The zero-order valence-electron chi connectivity index (χ0n) is 13.5. The number of carbonyl (C=O) groups excluding carboxylic acids is 1. The van der Waals surface area contributed by atoms with Gasteiger partial charge in [0.15, 0.2) is 0 Å². The molecule has 5 heteroatoms. The number of urea groups is 1. The van der Waals surface area contributed by atoms with Crippen molar-refractivity contribution in [2.24, 2.45) is 0 Å². The first-order valence-electron chi connectivity index (χ1n) is 7.82. The fraction of sp³-hybridized carbons (Fsp3) is 0.211. The van der Waals surface area contributed by atoms with Gasteiger partial charge in [-0.05, 0) is 46.5 Å². The largest absolute Gasteiger partial charge is 0.338 e. The first kappa shape index (κ1) is 16.5. The van der Waals surface area contributed by atoms with Crippen LogP contribution >= 0.6 is 11.3 Å². The van der Waals surface area contributed by atoms with Gasteiger partial charge in [0.1, 0.15) is 5.82 Å². The molecule has 0 fully saturated rings. The van der Waals surface area contributed by atoms with Gasteiger partial charge in [-0.25, -0.2) is 9.18 Å². The molecule has 3 rings (SSSR count). The maximum Gasteiger partial charge on any atom is 0.317 e. The highest BCUT2D eigenvalue weighted by Gasteiger charge is 2.09. The average molecular weight is 342 g/mol. The van der Waals surface area contributed by atoms with E-state index in [4.69, 9.17) is 0 Å². The van der Waals surface area contributed by atoms with Crippen LogP contribution in [0.15, 0.2) is 53.9 Å². The number of nitrogens with one attached hydrogen (secondary N) is 1. The molecule has 1 N–H and O–H groups in total. The molecule has 3 nitrogen and oxygen atoms in total. The Morgan fingerprint density at radius 2 is 1.92 bits per heavy atom. The van der Waals surface area contributed by atoms with Crippen molar-refractivity contribution >= 4 is 27.5 Å². The third kappa shape index (κ3) is 3.92. The zero-order valence-corrected chi connectivity index (χ0v) is 14.3. The van der Waals surface area contributed by atoms with Crippen LogP contribution in [-0.2, 0) is 13.0 Å². The number of thiophene rings is 1. The fourth-order valence-electron chi connectivity index (χ4n) is 2.60. The van der Waals surface area contributed by atoms with Crippen LogP contribution in [0.4, 0.5) is 9.18 Å². The van der Waals surface area contributed by atoms with Crippen molar-refractivity contribution in [1.29, 1.82) is 0 Å². The van der Waals surface area contributed by atoms with Crippen molar-refractivity contribution in [3.05, 3.63) is 70.9 Å². The summed E-state index contributed by atoms with van der Waals surface area (Å²) >= 11 is 1.73. The SMILES string of the molecule is CN(Cc1ccc(F)cc1)C(=O)NCCc1csc2ccccc12. The number of rotatable bonds is 5. The van der Waals surface area contributed by atoms with E-state index in [1.165, 1.54) is 27.8 Å². The number of fused-ring (bicyclic) bond motifs is 1. The minimum atomic E-state index is -0.270. The van der Waals surface area contributed by atoms with E-state index in [-0.39, 0.29) is 11.8 Å². The van der Waals surface area contributed by atoms with Crippen LogP contribution in [0.1, 0.15) is 11.1 Å². The first-order chi connectivity index (χ1) is 11.6. The molecule has 0 radical (unpaired) electrons. The van der Waals surface area contributed by atoms with Crippen LogP contribution in [0, 0.1) is 5.82 Å². The maximum atomic E-state index is 12.9. The second kappa shape index (κ2) is 7.45. The molecule has 2 amide bonds. The van der Waals surface area contributed by atoms with Gasteiger partial charge >= 0.3 is 6.03 Å². The molecule has 0 spiro atoms. The van der Waals surface area contributed by atoms with E-state index in [9.17, 15) is 9.18 Å². The Kier molecular flexibility index (Phi) is 5.11. The molecule has 1 heterocycles. The summed E-state index contributed by atoms with van der Waals surface area (Å²) in [5.41, 5.74) is 2.16. The molecule has 0 atom stereocenters. The fourth-order valence-corrected chi connectivity index (χ4v) is 3.60. The van der Waals surface area contributed by atoms with Gasteiger partial charge in [-0.2, -0.15) is 0 Å². The van der Waals surface area contributed by atoms with Gasteiger partial charge in [-0.15, -0.1) is 11.3 Å². The van der Waals surface area contributed by atoms with Gasteiger partial charge in [0, 0.05) is 24.8 Å². The number of carbonyl (C=O) groups is 1. The van der Waals surface area contributed by atoms with Crippen molar-refractivity contribution in [1.82, 2.24) is 10.2 Å².